The molecule has 3 rings (SSSR count). The number of rotatable bonds is 3. The first kappa shape index (κ1) is 17.8. The summed E-state index contributed by atoms with van der Waals surface area (Å²) in [5.41, 5.74) is 4.18. The average molecular weight is 406 g/mol. The van der Waals surface area contributed by atoms with Gasteiger partial charge >= 0.3 is 0 Å². The molecule has 0 atom stereocenters. The van der Waals surface area contributed by atoms with E-state index in [1.165, 1.54) is 4.90 Å². The standard InChI is InChI=1S/C21H16BrN3O/c1-14-19(9-10-20(24-14)16-6-4-7-17(22)12-16)21(26)25(2)18-8-3-5-15(11-18)13-23/h3-12H,1-2H3. The summed E-state index contributed by atoms with van der Waals surface area (Å²) in [6.07, 6.45) is 0. The van der Waals surface area contributed by atoms with Crippen LogP contribution in [0.15, 0.2) is 65.1 Å². The van der Waals surface area contributed by atoms with Gasteiger partial charge < -0.3 is 4.90 Å². The molecule has 128 valence electrons. The summed E-state index contributed by atoms with van der Waals surface area (Å²) >= 11 is 3.46. The highest BCUT2D eigenvalue weighted by Gasteiger charge is 2.17. The monoisotopic (exact) mass is 405 g/mol. The van der Waals surface area contributed by atoms with Crippen LogP contribution in [0.5, 0.6) is 0 Å². The number of aromatic nitrogens is 1. The Labute approximate surface area is 160 Å². The van der Waals surface area contributed by atoms with E-state index in [-0.39, 0.29) is 5.91 Å². The molecule has 0 unspecified atom stereocenters. The first-order valence-electron chi connectivity index (χ1n) is 8.01. The van der Waals surface area contributed by atoms with Gasteiger partial charge in [0, 0.05) is 22.8 Å². The molecule has 4 nitrogen and oxygen atoms in total. The van der Waals surface area contributed by atoms with Crippen LogP contribution in [0, 0.1) is 18.3 Å². The summed E-state index contributed by atoms with van der Waals surface area (Å²) in [5, 5.41) is 9.04. The van der Waals surface area contributed by atoms with Gasteiger partial charge in [-0.3, -0.25) is 9.78 Å². The van der Waals surface area contributed by atoms with Crippen molar-refractivity contribution in [3.8, 4) is 17.3 Å². The molecule has 1 heterocycles. The number of carbonyl (C=O) groups is 1. The molecule has 0 aliphatic rings. The third kappa shape index (κ3) is 3.66. The fourth-order valence-corrected chi connectivity index (χ4v) is 3.08. The molecule has 0 radical (unpaired) electrons. The highest BCUT2D eigenvalue weighted by molar-refractivity contribution is 9.10. The van der Waals surface area contributed by atoms with Gasteiger partial charge in [0.2, 0.25) is 0 Å². The summed E-state index contributed by atoms with van der Waals surface area (Å²) in [6, 6.07) is 20.6. The van der Waals surface area contributed by atoms with Crippen LogP contribution >= 0.6 is 15.9 Å². The van der Waals surface area contributed by atoms with E-state index in [1.54, 1.807) is 37.4 Å². The molecule has 2 aromatic carbocycles. The van der Waals surface area contributed by atoms with Crippen LogP contribution in [0.4, 0.5) is 5.69 Å². The number of amides is 1. The zero-order valence-electron chi connectivity index (χ0n) is 14.4. The van der Waals surface area contributed by atoms with Crippen LogP contribution in [0.25, 0.3) is 11.3 Å². The van der Waals surface area contributed by atoms with Crippen molar-refractivity contribution in [2.24, 2.45) is 0 Å². The zero-order chi connectivity index (χ0) is 18.7. The van der Waals surface area contributed by atoms with E-state index in [2.05, 4.69) is 27.0 Å². The van der Waals surface area contributed by atoms with Crippen molar-refractivity contribution in [2.75, 3.05) is 11.9 Å². The highest BCUT2D eigenvalue weighted by Crippen LogP contribution is 2.24. The Morgan fingerprint density at radius 1 is 1.12 bits per heavy atom. The van der Waals surface area contributed by atoms with Gasteiger partial charge in [0.25, 0.3) is 5.91 Å². The number of carbonyl (C=O) groups excluding carboxylic acids is 1. The molecule has 0 N–H and O–H groups in total. The molecule has 1 aromatic heterocycles. The summed E-state index contributed by atoms with van der Waals surface area (Å²) in [5.74, 6) is -0.161. The Hall–Kier alpha value is -2.97. The van der Waals surface area contributed by atoms with E-state index in [0.717, 1.165) is 15.7 Å². The van der Waals surface area contributed by atoms with Gasteiger partial charge in [-0.2, -0.15) is 5.26 Å². The lowest BCUT2D eigenvalue weighted by atomic mass is 10.1. The number of hydrogen-bond donors (Lipinski definition) is 0. The van der Waals surface area contributed by atoms with Crippen molar-refractivity contribution in [3.63, 3.8) is 0 Å². The predicted molar refractivity (Wildman–Crippen MR) is 106 cm³/mol. The van der Waals surface area contributed by atoms with Crippen molar-refractivity contribution >= 4 is 27.5 Å². The summed E-state index contributed by atoms with van der Waals surface area (Å²) < 4.78 is 0.978. The molecule has 0 saturated carbocycles. The first-order valence-corrected chi connectivity index (χ1v) is 8.80. The molecule has 5 heteroatoms. The minimum Gasteiger partial charge on any atom is -0.311 e. The number of anilines is 1. The lowest BCUT2D eigenvalue weighted by molar-refractivity contribution is 0.0992. The number of halogens is 1. The normalized spacial score (nSPS) is 10.2. The van der Waals surface area contributed by atoms with Crippen LogP contribution in [0.3, 0.4) is 0 Å². The summed E-state index contributed by atoms with van der Waals surface area (Å²) in [4.78, 5) is 19.0. The fraction of sp³-hybridized carbons (Fsp3) is 0.0952. The summed E-state index contributed by atoms with van der Waals surface area (Å²) in [6.45, 7) is 1.83. The van der Waals surface area contributed by atoms with Crippen LogP contribution in [-0.4, -0.2) is 17.9 Å². The van der Waals surface area contributed by atoms with Gasteiger partial charge in [-0.15, -0.1) is 0 Å². The largest absolute Gasteiger partial charge is 0.311 e. The zero-order valence-corrected chi connectivity index (χ0v) is 16.0. The second kappa shape index (κ2) is 7.51. The van der Waals surface area contributed by atoms with Gasteiger partial charge in [-0.1, -0.05) is 34.1 Å². The Balaban J connectivity index is 1.91. The topological polar surface area (TPSA) is 57.0 Å². The maximum Gasteiger partial charge on any atom is 0.259 e. The minimum absolute atomic E-state index is 0.161. The van der Waals surface area contributed by atoms with Crippen LogP contribution in [-0.2, 0) is 0 Å². The Kier molecular flexibility index (Phi) is 5.15. The minimum atomic E-state index is -0.161. The molecular formula is C21H16BrN3O. The van der Waals surface area contributed by atoms with Gasteiger partial charge in [0.15, 0.2) is 0 Å². The number of nitrogens with zero attached hydrogens (tertiary/aromatic N) is 3. The molecule has 3 aromatic rings. The van der Waals surface area contributed by atoms with E-state index in [9.17, 15) is 4.79 Å². The molecule has 0 fully saturated rings. The lowest BCUT2D eigenvalue weighted by Gasteiger charge is -2.18. The highest BCUT2D eigenvalue weighted by atomic mass is 79.9. The second-order valence-electron chi connectivity index (χ2n) is 5.87. The molecule has 0 spiro atoms. The summed E-state index contributed by atoms with van der Waals surface area (Å²) in [7, 11) is 1.69. The number of nitriles is 1. The van der Waals surface area contributed by atoms with Crippen molar-refractivity contribution in [1.29, 1.82) is 5.26 Å². The van der Waals surface area contributed by atoms with Crippen LogP contribution in [0.2, 0.25) is 0 Å². The van der Waals surface area contributed by atoms with E-state index in [0.29, 0.717) is 22.5 Å². The van der Waals surface area contributed by atoms with Gasteiger partial charge in [-0.25, -0.2) is 0 Å². The third-order valence-electron chi connectivity index (χ3n) is 4.10. The fourth-order valence-electron chi connectivity index (χ4n) is 2.68. The van der Waals surface area contributed by atoms with Crippen molar-refractivity contribution in [3.05, 3.63) is 82.0 Å². The molecule has 0 saturated heterocycles. The molecule has 0 aliphatic carbocycles. The molecular weight excluding hydrogens is 390 g/mol. The molecule has 26 heavy (non-hydrogen) atoms. The number of benzene rings is 2. The molecule has 0 bridgehead atoms. The quantitative estimate of drug-likeness (QED) is 0.617. The van der Waals surface area contributed by atoms with Crippen molar-refractivity contribution in [2.45, 2.75) is 6.92 Å². The smallest absolute Gasteiger partial charge is 0.259 e. The van der Waals surface area contributed by atoms with Crippen LogP contribution in [0.1, 0.15) is 21.6 Å². The van der Waals surface area contributed by atoms with E-state index in [4.69, 9.17) is 5.26 Å². The number of hydrogen-bond acceptors (Lipinski definition) is 3. The Bertz CT molecular complexity index is 1020. The lowest BCUT2D eigenvalue weighted by Crippen LogP contribution is -2.27. The van der Waals surface area contributed by atoms with Crippen LogP contribution < -0.4 is 4.90 Å². The average Bonchev–Trinajstić information content (AvgIpc) is 2.67. The van der Waals surface area contributed by atoms with Gasteiger partial charge in [0.05, 0.1) is 28.6 Å². The van der Waals surface area contributed by atoms with E-state index < -0.39 is 0 Å². The third-order valence-corrected chi connectivity index (χ3v) is 4.60. The van der Waals surface area contributed by atoms with Gasteiger partial charge in [-0.05, 0) is 49.4 Å². The molecule has 1 amide bonds. The Morgan fingerprint density at radius 3 is 2.58 bits per heavy atom. The van der Waals surface area contributed by atoms with E-state index >= 15 is 0 Å². The van der Waals surface area contributed by atoms with Crippen molar-refractivity contribution < 1.29 is 4.79 Å². The number of pyridine rings is 1. The maximum absolute atomic E-state index is 12.9. The first-order chi connectivity index (χ1) is 12.5. The van der Waals surface area contributed by atoms with E-state index in [1.807, 2.05) is 37.3 Å². The molecule has 0 aliphatic heterocycles. The predicted octanol–water partition coefficient (Wildman–Crippen LogP) is 4.97. The number of aryl methyl sites for hydroxylation is 1. The van der Waals surface area contributed by atoms with Gasteiger partial charge in [0.1, 0.15) is 0 Å². The second-order valence-corrected chi connectivity index (χ2v) is 6.78. The maximum atomic E-state index is 12.9. The van der Waals surface area contributed by atoms with Crippen molar-refractivity contribution in [1.82, 2.24) is 4.98 Å². The SMILES string of the molecule is Cc1nc(-c2cccc(Br)c2)ccc1C(=O)N(C)c1cccc(C#N)c1. The Morgan fingerprint density at radius 2 is 1.88 bits per heavy atom.